The maximum absolute atomic E-state index is 11.2. The smallest absolute Gasteiger partial charge is 0.319 e. The number of rotatable bonds is 5. The Kier molecular flexibility index (Phi) is 5.31. The Morgan fingerprint density at radius 3 is 3.07 bits per heavy atom. The van der Waals surface area contributed by atoms with Gasteiger partial charge in [0, 0.05) is 18.1 Å². The second kappa shape index (κ2) is 6.61. The second-order valence-electron chi connectivity index (χ2n) is 2.59. The summed E-state index contributed by atoms with van der Waals surface area (Å²) in [5, 5.41) is 9.60. The van der Waals surface area contributed by atoms with Crippen LogP contribution in [0.25, 0.3) is 0 Å². The van der Waals surface area contributed by atoms with E-state index in [1.807, 2.05) is 0 Å². The number of anilines is 1. The van der Waals surface area contributed by atoms with E-state index in [1.165, 1.54) is 6.20 Å². The molecule has 2 N–H and O–H groups in total. The molecule has 1 heterocycles. The van der Waals surface area contributed by atoms with Crippen molar-refractivity contribution in [3.05, 3.63) is 6.20 Å². The third kappa shape index (κ3) is 4.43. The van der Waals surface area contributed by atoms with E-state index in [-0.39, 0.29) is 6.03 Å². The molecule has 1 rings (SSSR count). The van der Waals surface area contributed by atoms with Crippen molar-refractivity contribution in [1.29, 1.82) is 0 Å². The molecule has 7 heteroatoms. The number of amides is 2. The standard InChI is InChI=1S/C7H12N4OS2/c12-7(8-3-1-2-4-13)10-6-5-9-11-14-6/h5,13H,1-4H2,(H2,8,10,12). The number of urea groups is 1. The molecule has 14 heavy (non-hydrogen) atoms. The van der Waals surface area contributed by atoms with Crippen LogP contribution in [0.5, 0.6) is 0 Å². The Balaban J connectivity index is 2.11. The molecule has 78 valence electrons. The summed E-state index contributed by atoms with van der Waals surface area (Å²) in [6.07, 6.45) is 3.46. The lowest BCUT2D eigenvalue weighted by Crippen LogP contribution is -2.29. The first-order chi connectivity index (χ1) is 6.83. The molecule has 2 amide bonds. The molecule has 5 nitrogen and oxygen atoms in total. The lowest BCUT2D eigenvalue weighted by molar-refractivity contribution is 0.252. The Labute approximate surface area is 91.9 Å². The first-order valence-corrected chi connectivity index (χ1v) is 5.66. The van der Waals surface area contributed by atoms with E-state index in [4.69, 9.17) is 0 Å². The highest BCUT2D eigenvalue weighted by molar-refractivity contribution is 7.80. The van der Waals surface area contributed by atoms with Gasteiger partial charge in [-0.05, 0) is 18.6 Å². The normalized spacial score (nSPS) is 9.79. The van der Waals surface area contributed by atoms with E-state index in [0.29, 0.717) is 11.5 Å². The molecule has 0 saturated carbocycles. The van der Waals surface area contributed by atoms with Gasteiger partial charge in [-0.1, -0.05) is 4.49 Å². The largest absolute Gasteiger partial charge is 0.338 e. The van der Waals surface area contributed by atoms with E-state index >= 15 is 0 Å². The number of carbonyl (C=O) groups is 1. The summed E-state index contributed by atoms with van der Waals surface area (Å²) < 4.78 is 3.62. The minimum absolute atomic E-state index is 0.213. The van der Waals surface area contributed by atoms with Crippen molar-refractivity contribution in [1.82, 2.24) is 14.9 Å². The molecular formula is C7H12N4OS2. The molecule has 0 aliphatic carbocycles. The highest BCUT2D eigenvalue weighted by Crippen LogP contribution is 2.07. The van der Waals surface area contributed by atoms with Crippen LogP contribution in [0, 0.1) is 0 Å². The maximum atomic E-state index is 11.2. The van der Waals surface area contributed by atoms with E-state index in [0.717, 1.165) is 30.1 Å². The first kappa shape index (κ1) is 11.3. The number of nitrogens with zero attached hydrogens (tertiary/aromatic N) is 2. The van der Waals surface area contributed by atoms with Crippen LogP contribution in [-0.4, -0.2) is 27.9 Å². The van der Waals surface area contributed by atoms with Crippen LogP contribution in [-0.2, 0) is 0 Å². The average molecular weight is 232 g/mol. The number of hydrogen-bond donors (Lipinski definition) is 3. The third-order valence-corrected chi connectivity index (χ3v) is 2.36. The molecule has 0 unspecified atom stereocenters. The van der Waals surface area contributed by atoms with Gasteiger partial charge in [0.05, 0.1) is 6.20 Å². The van der Waals surface area contributed by atoms with Crippen LogP contribution in [0.15, 0.2) is 6.20 Å². The van der Waals surface area contributed by atoms with Crippen molar-refractivity contribution in [3.63, 3.8) is 0 Å². The van der Waals surface area contributed by atoms with Gasteiger partial charge in [-0.3, -0.25) is 5.32 Å². The summed E-state index contributed by atoms with van der Waals surface area (Å²) in [6.45, 7) is 0.665. The number of nitrogens with one attached hydrogen (secondary N) is 2. The fourth-order valence-electron chi connectivity index (χ4n) is 0.817. The summed E-state index contributed by atoms with van der Waals surface area (Å²) in [6, 6.07) is -0.213. The van der Waals surface area contributed by atoms with E-state index in [2.05, 4.69) is 32.8 Å². The van der Waals surface area contributed by atoms with E-state index < -0.39 is 0 Å². The van der Waals surface area contributed by atoms with Crippen LogP contribution in [0.2, 0.25) is 0 Å². The zero-order valence-electron chi connectivity index (χ0n) is 7.56. The molecule has 0 aliphatic rings. The monoisotopic (exact) mass is 232 g/mol. The molecule has 0 saturated heterocycles. The Bertz CT molecular complexity index is 265. The van der Waals surface area contributed by atoms with Crippen molar-refractivity contribution >= 4 is 35.2 Å². The predicted molar refractivity (Wildman–Crippen MR) is 60.0 cm³/mol. The SMILES string of the molecule is O=C(NCCCCS)Nc1cnns1. The minimum atomic E-state index is -0.213. The quantitative estimate of drug-likeness (QED) is 0.530. The predicted octanol–water partition coefficient (Wildman–Crippen LogP) is 1.37. The van der Waals surface area contributed by atoms with Crippen LogP contribution < -0.4 is 10.6 Å². The van der Waals surface area contributed by atoms with Gasteiger partial charge in [-0.25, -0.2) is 4.79 Å². The van der Waals surface area contributed by atoms with Crippen molar-refractivity contribution in [2.45, 2.75) is 12.8 Å². The minimum Gasteiger partial charge on any atom is -0.338 e. The zero-order valence-corrected chi connectivity index (χ0v) is 9.27. The highest BCUT2D eigenvalue weighted by Gasteiger charge is 2.01. The van der Waals surface area contributed by atoms with Gasteiger partial charge < -0.3 is 5.32 Å². The summed E-state index contributed by atoms with van der Waals surface area (Å²) >= 11 is 5.22. The lowest BCUT2D eigenvalue weighted by atomic mass is 10.3. The molecule has 1 aromatic rings. The molecule has 0 aliphatic heterocycles. The molecular weight excluding hydrogens is 220 g/mol. The topological polar surface area (TPSA) is 66.9 Å². The van der Waals surface area contributed by atoms with Gasteiger partial charge in [0.25, 0.3) is 0 Å². The lowest BCUT2D eigenvalue weighted by Gasteiger charge is -2.03. The van der Waals surface area contributed by atoms with Crippen molar-refractivity contribution < 1.29 is 4.79 Å². The average Bonchev–Trinajstić information content (AvgIpc) is 2.65. The number of aromatic nitrogens is 2. The number of thiol groups is 1. The first-order valence-electron chi connectivity index (χ1n) is 4.26. The molecule has 0 radical (unpaired) electrons. The molecule has 0 fully saturated rings. The fraction of sp³-hybridized carbons (Fsp3) is 0.571. The van der Waals surface area contributed by atoms with Gasteiger partial charge in [-0.2, -0.15) is 12.6 Å². The summed E-state index contributed by atoms with van der Waals surface area (Å²) in [5.74, 6) is 0.849. The Hall–Kier alpha value is -0.820. The van der Waals surface area contributed by atoms with Crippen LogP contribution in [0.1, 0.15) is 12.8 Å². The van der Waals surface area contributed by atoms with Gasteiger partial charge in [0.2, 0.25) is 0 Å². The van der Waals surface area contributed by atoms with Crippen molar-refractivity contribution in [2.75, 3.05) is 17.6 Å². The summed E-state index contributed by atoms with van der Waals surface area (Å²) in [4.78, 5) is 11.2. The molecule has 0 spiro atoms. The summed E-state index contributed by atoms with van der Waals surface area (Å²) in [7, 11) is 0. The van der Waals surface area contributed by atoms with Gasteiger partial charge >= 0.3 is 6.03 Å². The fourth-order valence-corrected chi connectivity index (χ4v) is 1.46. The van der Waals surface area contributed by atoms with Gasteiger partial charge in [0.1, 0.15) is 5.00 Å². The molecule has 0 bridgehead atoms. The van der Waals surface area contributed by atoms with Gasteiger partial charge in [-0.15, -0.1) is 5.10 Å². The maximum Gasteiger partial charge on any atom is 0.319 e. The van der Waals surface area contributed by atoms with E-state index in [1.54, 1.807) is 0 Å². The Morgan fingerprint density at radius 2 is 2.43 bits per heavy atom. The van der Waals surface area contributed by atoms with Crippen LogP contribution in [0.4, 0.5) is 9.80 Å². The van der Waals surface area contributed by atoms with Crippen LogP contribution in [0.3, 0.4) is 0 Å². The van der Waals surface area contributed by atoms with Crippen LogP contribution >= 0.6 is 24.2 Å². The second-order valence-corrected chi connectivity index (χ2v) is 3.83. The van der Waals surface area contributed by atoms with E-state index in [9.17, 15) is 4.79 Å². The van der Waals surface area contributed by atoms with Crippen molar-refractivity contribution in [3.8, 4) is 0 Å². The summed E-state index contributed by atoms with van der Waals surface area (Å²) in [5.41, 5.74) is 0. The van der Waals surface area contributed by atoms with Gasteiger partial charge in [0.15, 0.2) is 0 Å². The number of hydrogen-bond acceptors (Lipinski definition) is 5. The Morgan fingerprint density at radius 1 is 1.57 bits per heavy atom. The molecule has 1 aromatic heterocycles. The zero-order chi connectivity index (χ0) is 10.2. The number of carbonyl (C=O) groups excluding carboxylic acids is 1. The highest BCUT2D eigenvalue weighted by atomic mass is 32.1. The molecule has 0 aromatic carbocycles. The number of unbranched alkanes of at least 4 members (excludes halogenated alkanes) is 1. The van der Waals surface area contributed by atoms with Crippen molar-refractivity contribution in [2.24, 2.45) is 0 Å². The third-order valence-electron chi connectivity index (χ3n) is 1.47. The molecule has 0 atom stereocenters.